The van der Waals surface area contributed by atoms with Gasteiger partial charge in [0.2, 0.25) is 0 Å². The Morgan fingerprint density at radius 1 is 1.53 bits per heavy atom. The number of methoxy groups -OCH3 is 1. The summed E-state index contributed by atoms with van der Waals surface area (Å²) >= 11 is 1.48. The third kappa shape index (κ3) is 3.74. The molecule has 1 fully saturated rings. The normalized spacial score (nSPS) is 19.3. The highest BCUT2D eigenvalue weighted by Gasteiger charge is 2.44. The van der Waals surface area contributed by atoms with E-state index in [2.05, 4.69) is 4.74 Å². The Labute approximate surface area is 93.4 Å². The molecular formula is C10H16O4S. The van der Waals surface area contributed by atoms with Gasteiger partial charge in [0.25, 0.3) is 0 Å². The predicted molar refractivity (Wildman–Crippen MR) is 57.9 cm³/mol. The van der Waals surface area contributed by atoms with E-state index in [-0.39, 0.29) is 23.1 Å². The first-order valence-corrected chi connectivity index (χ1v) is 5.95. The zero-order valence-corrected chi connectivity index (χ0v) is 9.80. The van der Waals surface area contributed by atoms with Gasteiger partial charge in [-0.15, -0.1) is 11.8 Å². The van der Waals surface area contributed by atoms with Crippen LogP contribution in [0.3, 0.4) is 0 Å². The van der Waals surface area contributed by atoms with Gasteiger partial charge in [-0.05, 0) is 25.2 Å². The van der Waals surface area contributed by atoms with Gasteiger partial charge < -0.3 is 9.84 Å². The van der Waals surface area contributed by atoms with Crippen molar-refractivity contribution >= 4 is 23.7 Å². The summed E-state index contributed by atoms with van der Waals surface area (Å²) < 4.78 is 4.60. The van der Waals surface area contributed by atoms with E-state index in [1.54, 1.807) is 6.92 Å². The number of rotatable bonds is 6. The Kier molecular flexibility index (Phi) is 4.02. The molecule has 0 amide bonds. The van der Waals surface area contributed by atoms with E-state index in [1.165, 1.54) is 18.9 Å². The van der Waals surface area contributed by atoms with Crippen LogP contribution in [0.1, 0.15) is 26.2 Å². The lowest BCUT2D eigenvalue weighted by Gasteiger charge is -2.14. The molecule has 4 nitrogen and oxygen atoms in total. The van der Waals surface area contributed by atoms with Crippen molar-refractivity contribution in [1.29, 1.82) is 0 Å². The third-order valence-corrected chi connectivity index (χ3v) is 4.13. The van der Waals surface area contributed by atoms with E-state index < -0.39 is 5.97 Å². The average molecular weight is 232 g/mol. The van der Waals surface area contributed by atoms with Crippen LogP contribution in [0.4, 0.5) is 0 Å². The molecule has 1 atom stereocenters. The summed E-state index contributed by atoms with van der Waals surface area (Å²) in [7, 11) is 1.36. The minimum Gasteiger partial charge on any atom is -0.481 e. The van der Waals surface area contributed by atoms with E-state index in [0.717, 1.165) is 18.6 Å². The summed E-state index contributed by atoms with van der Waals surface area (Å²) in [6.45, 7) is 1.79. The van der Waals surface area contributed by atoms with Crippen molar-refractivity contribution in [3.8, 4) is 0 Å². The zero-order valence-electron chi connectivity index (χ0n) is 8.99. The van der Waals surface area contributed by atoms with Crippen LogP contribution in [0.15, 0.2) is 0 Å². The van der Waals surface area contributed by atoms with E-state index in [9.17, 15) is 9.59 Å². The highest BCUT2D eigenvalue weighted by Crippen LogP contribution is 2.51. The van der Waals surface area contributed by atoms with E-state index in [1.807, 2.05) is 0 Å². The van der Waals surface area contributed by atoms with Crippen molar-refractivity contribution in [1.82, 2.24) is 0 Å². The summed E-state index contributed by atoms with van der Waals surface area (Å²) in [4.78, 5) is 21.7. The molecular weight excluding hydrogens is 216 g/mol. The van der Waals surface area contributed by atoms with Crippen LogP contribution in [0, 0.1) is 5.41 Å². The molecule has 0 heterocycles. The molecule has 0 radical (unpaired) electrons. The smallest absolute Gasteiger partial charge is 0.318 e. The maximum atomic E-state index is 11.1. The first kappa shape index (κ1) is 12.4. The molecule has 0 saturated heterocycles. The fraction of sp³-hybridized carbons (Fsp3) is 0.800. The van der Waals surface area contributed by atoms with Crippen LogP contribution in [-0.4, -0.2) is 35.2 Å². The van der Waals surface area contributed by atoms with Crippen LogP contribution in [0.2, 0.25) is 0 Å². The summed E-state index contributed by atoms with van der Waals surface area (Å²) in [5.41, 5.74) is -0.0568. The van der Waals surface area contributed by atoms with Crippen molar-refractivity contribution in [3.63, 3.8) is 0 Å². The second kappa shape index (κ2) is 4.88. The highest BCUT2D eigenvalue weighted by molar-refractivity contribution is 8.00. The van der Waals surface area contributed by atoms with Gasteiger partial charge in [0.05, 0.1) is 18.8 Å². The standard InChI is InChI=1S/C10H16O4S/c1-7(9(13)14-2)15-6-10(3-4-10)5-8(11)12/h7H,3-6H2,1-2H3,(H,11,12). The lowest BCUT2D eigenvalue weighted by Crippen LogP contribution is -2.19. The van der Waals surface area contributed by atoms with Crippen LogP contribution >= 0.6 is 11.8 Å². The predicted octanol–water partition coefficient (Wildman–Crippen LogP) is 1.54. The number of ether oxygens (including phenoxy) is 1. The lowest BCUT2D eigenvalue weighted by molar-refractivity contribution is -0.139. The Bertz CT molecular complexity index is 260. The zero-order chi connectivity index (χ0) is 11.5. The summed E-state index contributed by atoms with van der Waals surface area (Å²) in [6, 6.07) is 0. The SMILES string of the molecule is COC(=O)C(C)SCC1(CC(=O)O)CC1. The monoisotopic (exact) mass is 232 g/mol. The van der Waals surface area contributed by atoms with Gasteiger partial charge in [-0.2, -0.15) is 0 Å². The van der Waals surface area contributed by atoms with Crippen molar-refractivity contribution < 1.29 is 19.4 Å². The van der Waals surface area contributed by atoms with Crippen molar-refractivity contribution in [3.05, 3.63) is 0 Å². The minimum atomic E-state index is -0.751. The molecule has 1 aliphatic rings. The molecule has 86 valence electrons. The fourth-order valence-corrected chi connectivity index (χ4v) is 2.63. The first-order chi connectivity index (χ1) is 6.99. The topological polar surface area (TPSA) is 63.6 Å². The van der Waals surface area contributed by atoms with Crippen LogP contribution in [0.25, 0.3) is 0 Å². The molecule has 0 aliphatic heterocycles. The number of esters is 1. The Hall–Kier alpha value is -0.710. The quantitative estimate of drug-likeness (QED) is 0.704. The maximum Gasteiger partial charge on any atom is 0.318 e. The molecule has 5 heteroatoms. The largest absolute Gasteiger partial charge is 0.481 e. The first-order valence-electron chi connectivity index (χ1n) is 4.90. The van der Waals surface area contributed by atoms with E-state index in [4.69, 9.17) is 5.11 Å². The molecule has 0 aromatic carbocycles. The molecule has 0 aromatic heterocycles. The number of aliphatic carboxylic acids is 1. The molecule has 1 N–H and O–H groups in total. The number of carboxylic acids is 1. The van der Waals surface area contributed by atoms with Gasteiger partial charge in [0, 0.05) is 5.75 Å². The molecule has 0 bridgehead atoms. The molecule has 1 unspecified atom stereocenters. The fourth-order valence-electron chi connectivity index (χ4n) is 1.41. The number of hydrogen-bond acceptors (Lipinski definition) is 4. The summed E-state index contributed by atoms with van der Waals surface area (Å²) in [5, 5.41) is 8.50. The number of carbonyl (C=O) groups excluding carboxylic acids is 1. The second-order valence-electron chi connectivity index (χ2n) is 4.05. The number of hydrogen-bond donors (Lipinski definition) is 1. The Morgan fingerprint density at radius 2 is 2.13 bits per heavy atom. The number of carboxylic acid groups (broad SMARTS) is 1. The average Bonchev–Trinajstić information content (AvgIpc) is 2.92. The van der Waals surface area contributed by atoms with Gasteiger partial charge in [-0.25, -0.2) is 0 Å². The molecule has 1 aliphatic carbocycles. The molecule has 1 saturated carbocycles. The van der Waals surface area contributed by atoms with Gasteiger partial charge in [0.15, 0.2) is 0 Å². The van der Waals surface area contributed by atoms with Gasteiger partial charge in [-0.1, -0.05) is 0 Å². The van der Waals surface area contributed by atoms with Crippen molar-refractivity contribution in [2.75, 3.05) is 12.9 Å². The van der Waals surface area contributed by atoms with Gasteiger partial charge in [0.1, 0.15) is 0 Å². The van der Waals surface area contributed by atoms with Gasteiger partial charge >= 0.3 is 11.9 Å². The second-order valence-corrected chi connectivity index (χ2v) is 5.38. The van der Waals surface area contributed by atoms with E-state index >= 15 is 0 Å². The molecule has 1 rings (SSSR count). The molecule has 15 heavy (non-hydrogen) atoms. The van der Waals surface area contributed by atoms with Crippen LogP contribution < -0.4 is 0 Å². The van der Waals surface area contributed by atoms with Gasteiger partial charge in [-0.3, -0.25) is 9.59 Å². The van der Waals surface area contributed by atoms with Crippen LogP contribution in [0.5, 0.6) is 0 Å². The maximum absolute atomic E-state index is 11.1. The lowest BCUT2D eigenvalue weighted by atomic mass is 10.1. The van der Waals surface area contributed by atoms with Crippen molar-refractivity contribution in [2.45, 2.75) is 31.4 Å². The molecule has 0 spiro atoms. The Morgan fingerprint density at radius 3 is 2.53 bits per heavy atom. The Balaban J connectivity index is 2.30. The minimum absolute atomic E-state index is 0.0568. The third-order valence-electron chi connectivity index (χ3n) is 2.66. The number of carbonyl (C=O) groups is 2. The number of thioether (sulfide) groups is 1. The van der Waals surface area contributed by atoms with E-state index in [0.29, 0.717) is 0 Å². The van der Waals surface area contributed by atoms with Crippen LogP contribution in [-0.2, 0) is 14.3 Å². The van der Waals surface area contributed by atoms with Crippen molar-refractivity contribution in [2.24, 2.45) is 5.41 Å². The summed E-state index contributed by atoms with van der Waals surface area (Å²) in [5.74, 6) is -0.264. The highest BCUT2D eigenvalue weighted by atomic mass is 32.2. The molecule has 0 aromatic rings. The summed E-state index contributed by atoms with van der Waals surface area (Å²) in [6.07, 6.45) is 2.13.